The van der Waals surface area contributed by atoms with Crippen LogP contribution in [-0.2, 0) is 6.54 Å². The molecule has 1 heterocycles. The van der Waals surface area contributed by atoms with E-state index in [9.17, 15) is 10.1 Å². The molecule has 0 radical (unpaired) electrons. The number of benzene rings is 1. The van der Waals surface area contributed by atoms with Crippen molar-refractivity contribution < 1.29 is 4.92 Å². The summed E-state index contributed by atoms with van der Waals surface area (Å²) >= 11 is 0. The van der Waals surface area contributed by atoms with Gasteiger partial charge in [0.25, 0.3) is 0 Å². The molecule has 1 fully saturated rings. The van der Waals surface area contributed by atoms with E-state index >= 15 is 0 Å². The summed E-state index contributed by atoms with van der Waals surface area (Å²) in [4.78, 5) is 10.5. The monoisotopic (exact) mass is 272 g/mol. The smallest absolute Gasteiger partial charge is 0.333 e. The number of aromatic nitrogens is 2. The van der Waals surface area contributed by atoms with E-state index in [1.807, 2.05) is 18.2 Å². The van der Waals surface area contributed by atoms with E-state index in [4.69, 9.17) is 5.73 Å². The van der Waals surface area contributed by atoms with Crippen LogP contribution in [-0.4, -0.2) is 14.7 Å². The Morgan fingerprint density at radius 2 is 2.15 bits per heavy atom. The third-order valence-corrected chi connectivity index (χ3v) is 3.71. The summed E-state index contributed by atoms with van der Waals surface area (Å²) in [6.45, 7) is 2.09. The Hall–Kier alpha value is -2.37. The SMILES string of the molecule is Cc1nn(Cc2ccccc2C2CC2)c(N)c1[N+](=O)[O-]. The minimum absolute atomic E-state index is 0.0890. The molecule has 2 N–H and O–H groups in total. The lowest BCUT2D eigenvalue weighted by atomic mass is 10.0. The lowest BCUT2D eigenvalue weighted by Gasteiger charge is -2.09. The van der Waals surface area contributed by atoms with Gasteiger partial charge in [-0.3, -0.25) is 10.1 Å². The highest BCUT2D eigenvalue weighted by Gasteiger charge is 2.27. The third kappa shape index (κ3) is 2.13. The average molecular weight is 272 g/mol. The first-order valence-corrected chi connectivity index (χ1v) is 6.63. The van der Waals surface area contributed by atoms with Crippen LogP contribution in [0, 0.1) is 17.0 Å². The Bertz CT molecular complexity index is 674. The van der Waals surface area contributed by atoms with Crippen molar-refractivity contribution in [2.24, 2.45) is 0 Å². The van der Waals surface area contributed by atoms with Crippen molar-refractivity contribution in [2.45, 2.75) is 32.2 Å². The fourth-order valence-electron chi connectivity index (χ4n) is 2.57. The van der Waals surface area contributed by atoms with Crippen molar-refractivity contribution in [3.63, 3.8) is 0 Å². The van der Waals surface area contributed by atoms with Crippen molar-refractivity contribution in [1.82, 2.24) is 9.78 Å². The molecule has 3 rings (SSSR count). The third-order valence-electron chi connectivity index (χ3n) is 3.71. The van der Waals surface area contributed by atoms with Gasteiger partial charge in [-0.1, -0.05) is 24.3 Å². The summed E-state index contributed by atoms with van der Waals surface area (Å²) in [6, 6.07) is 8.16. The maximum Gasteiger partial charge on any atom is 0.333 e. The quantitative estimate of drug-likeness (QED) is 0.684. The van der Waals surface area contributed by atoms with Gasteiger partial charge in [0, 0.05) is 0 Å². The Morgan fingerprint density at radius 3 is 2.75 bits per heavy atom. The highest BCUT2D eigenvalue weighted by molar-refractivity contribution is 5.56. The summed E-state index contributed by atoms with van der Waals surface area (Å²) in [5, 5.41) is 15.2. The average Bonchev–Trinajstić information content (AvgIpc) is 3.18. The maximum atomic E-state index is 11.0. The van der Waals surface area contributed by atoms with Gasteiger partial charge < -0.3 is 5.73 Å². The van der Waals surface area contributed by atoms with E-state index < -0.39 is 4.92 Å². The van der Waals surface area contributed by atoms with Crippen LogP contribution in [0.1, 0.15) is 35.6 Å². The summed E-state index contributed by atoms with van der Waals surface area (Å²) < 4.78 is 1.52. The number of nitrogens with two attached hydrogens (primary N) is 1. The Kier molecular flexibility index (Phi) is 2.93. The molecule has 1 aromatic carbocycles. The van der Waals surface area contributed by atoms with Crippen molar-refractivity contribution in [3.05, 3.63) is 51.2 Å². The molecule has 2 aromatic rings. The summed E-state index contributed by atoms with van der Waals surface area (Å²) in [5.41, 5.74) is 8.57. The molecule has 6 nitrogen and oxygen atoms in total. The van der Waals surface area contributed by atoms with E-state index in [1.165, 1.54) is 23.1 Å². The zero-order valence-electron chi connectivity index (χ0n) is 11.2. The van der Waals surface area contributed by atoms with Crippen LogP contribution in [0.5, 0.6) is 0 Å². The summed E-state index contributed by atoms with van der Waals surface area (Å²) in [7, 11) is 0. The molecular weight excluding hydrogens is 256 g/mol. The second-order valence-electron chi connectivity index (χ2n) is 5.21. The first kappa shape index (κ1) is 12.7. The molecule has 1 aliphatic rings. The number of anilines is 1. The van der Waals surface area contributed by atoms with Crippen LogP contribution in [0.25, 0.3) is 0 Å². The highest BCUT2D eigenvalue weighted by atomic mass is 16.6. The predicted octanol–water partition coefficient (Wildman–Crippen LogP) is 2.61. The lowest BCUT2D eigenvalue weighted by molar-refractivity contribution is -0.384. The Balaban J connectivity index is 1.96. The lowest BCUT2D eigenvalue weighted by Crippen LogP contribution is -2.08. The van der Waals surface area contributed by atoms with Gasteiger partial charge in [-0.2, -0.15) is 5.10 Å². The largest absolute Gasteiger partial charge is 0.378 e. The van der Waals surface area contributed by atoms with E-state index in [1.54, 1.807) is 6.92 Å². The molecule has 1 aromatic heterocycles. The van der Waals surface area contributed by atoms with Crippen molar-refractivity contribution in [1.29, 1.82) is 0 Å². The molecule has 1 aliphatic carbocycles. The maximum absolute atomic E-state index is 11.0. The number of nitro groups is 1. The normalized spacial score (nSPS) is 14.4. The molecule has 0 spiro atoms. The molecule has 104 valence electrons. The van der Waals surface area contributed by atoms with Crippen LogP contribution in [0.2, 0.25) is 0 Å². The van der Waals surface area contributed by atoms with Gasteiger partial charge in [-0.05, 0) is 36.8 Å². The van der Waals surface area contributed by atoms with Gasteiger partial charge in [-0.15, -0.1) is 0 Å². The van der Waals surface area contributed by atoms with Crippen LogP contribution >= 0.6 is 0 Å². The van der Waals surface area contributed by atoms with Crippen molar-refractivity contribution in [3.8, 4) is 0 Å². The van der Waals surface area contributed by atoms with Crippen molar-refractivity contribution in [2.75, 3.05) is 5.73 Å². The molecule has 0 amide bonds. The fraction of sp³-hybridized carbons (Fsp3) is 0.357. The van der Waals surface area contributed by atoms with E-state index in [2.05, 4.69) is 11.2 Å². The molecule has 0 bridgehead atoms. The first-order valence-electron chi connectivity index (χ1n) is 6.63. The van der Waals surface area contributed by atoms with Gasteiger partial charge in [0.2, 0.25) is 5.82 Å². The molecule has 0 unspecified atom stereocenters. The highest BCUT2D eigenvalue weighted by Crippen LogP contribution is 2.42. The Labute approximate surface area is 116 Å². The molecule has 0 saturated heterocycles. The minimum Gasteiger partial charge on any atom is -0.378 e. The van der Waals surface area contributed by atoms with E-state index in [0.717, 1.165) is 5.56 Å². The number of aryl methyl sites for hydroxylation is 1. The number of nitrogen functional groups attached to an aromatic ring is 1. The molecule has 6 heteroatoms. The number of nitrogens with zero attached hydrogens (tertiary/aromatic N) is 3. The van der Waals surface area contributed by atoms with E-state index in [-0.39, 0.29) is 11.5 Å². The van der Waals surface area contributed by atoms with Crippen LogP contribution < -0.4 is 5.73 Å². The van der Waals surface area contributed by atoms with Crippen LogP contribution in [0.15, 0.2) is 24.3 Å². The zero-order chi connectivity index (χ0) is 14.3. The topological polar surface area (TPSA) is 87.0 Å². The number of hydrogen-bond donors (Lipinski definition) is 1. The molecule has 1 saturated carbocycles. The minimum atomic E-state index is -0.471. The van der Waals surface area contributed by atoms with Gasteiger partial charge in [-0.25, -0.2) is 4.68 Å². The number of rotatable bonds is 4. The van der Waals surface area contributed by atoms with Crippen molar-refractivity contribution >= 4 is 11.5 Å². The molecule has 0 atom stereocenters. The molecule has 20 heavy (non-hydrogen) atoms. The Morgan fingerprint density at radius 1 is 1.45 bits per heavy atom. The molecule has 0 aliphatic heterocycles. The van der Waals surface area contributed by atoms with Gasteiger partial charge in [0.1, 0.15) is 5.69 Å². The van der Waals surface area contributed by atoms with Gasteiger partial charge in [0.05, 0.1) is 11.5 Å². The standard InChI is InChI=1S/C14H16N4O2/c1-9-13(18(19)20)14(15)17(16-9)8-11-4-2-3-5-12(11)10-6-7-10/h2-5,10H,6-8,15H2,1H3. The number of hydrogen-bond acceptors (Lipinski definition) is 4. The summed E-state index contributed by atoms with van der Waals surface area (Å²) in [6.07, 6.45) is 2.43. The molecular formula is C14H16N4O2. The van der Waals surface area contributed by atoms with Crippen LogP contribution in [0.3, 0.4) is 0 Å². The van der Waals surface area contributed by atoms with E-state index in [0.29, 0.717) is 18.2 Å². The summed E-state index contributed by atoms with van der Waals surface area (Å²) in [5.74, 6) is 0.747. The van der Waals surface area contributed by atoms with Crippen LogP contribution in [0.4, 0.5) is 11.5 Å². The zero-order valence-corrected chi connectivity index (χ0v) is 11.2. The second-order valence-corrected chi connectivity index (χ2v) is 5.21. The fourth-order valence-corrected chi connectivity index (χ4v) is 2.57. The van der Waals surface area contributed by atoms with Gasteiger partial charge >= 0.3 is 5.69 Å². The van der Waals surface area contributed by atoms with Gasteiger partial charge in [0.15, 0.2) is 0 Å². The first-order chi connectivity index (χ1) is 9.58. The predicted molar refractivity (Wildman–Crippen MR) is 75.5 cm³/mol. The second kappa shape index (κ2) is 4.63.